The minimum atomic E-state index is 0. The van der Waals surface area contributed by atoms with Gasteiger partial charge >= 0.3 is 70.7 Å². The van der Waals surface area contributed by atoms with Crippen LogP contribution in [0.2, 0.25) is 0 Å². The monoisotopic (exact) mass is 1200 g/mol. The van der Waals surface area contributed by atoms with Crippen LogP contribution in [-0.2, 0) is 52.5 Å². The molecule has 0 heterocycles. The second-order valence-corrected chi connectivity index (χ2v) is 12.1. The first-order chi connectivity index (χ1) is 27.6. The quantitative estimate of drug-likeness (QED) is 0.128. The molecule has 0 unspecified atom stereocenters. The van der Waals surface area contributed by atoms with Crippen molar-refractivity contribution in [2.45, 2.75) is 19.8 Å². The van der Waals surface area contributed by atoms with Gasteiger partial charge in [-0.05, 0) is 43.0 Å². The van der Waals surface area contributed by atoms with E-state index in [1.54, 1.807) is 7.11 Å². The van der Waals surface area contributed by atoms with Crippen molar-refractivity contribution in [3.8, 4) is 40.2 Å². The fourth-order valence-electron chi connectivity index (χ4n) is 4.88. The summed E-state index contributed by atoms with van der Waals surface area (Å²) in [6.45, 7) is 2.12. The van der Waals surface area contributed by atoms with E-state index in [2.05, 4.69) is 79.7 Å². The van der Waals surface area contributed by atoms with Crippen LogP contribution in [0.15, 0.2) is 194 Å². The molecule has 8 aromatic rings. The molecule has 8 aromatic carbocycles. The minimum Gasteiger partial charge on any atom is -0.522 e. The van der Waals surface area contributed by atoms with Crippen molar-refractivity contribution in [2.75, 3.05) is 7.11 Å². The summed E-state index contributed by atoms with van der Waals surface area (Å²) in [6, 6.07) is 79.1. The number of ether oxygens (including phenoxy) is 4. The second kappa shape index (κ2) is 30.3. The summed E-state index contributed by atoms with van der Waals surface area (Å²) in [5, 5.41) is 0. The summed E-state index contributed by atoms with van der Waals surface area (Å²) in [6.07, 6.45) is 2.11. The fraction of sp³-hybridized carbons (Fsp3) is 0.0769. The maximum atomic E-state index is 5.79. The van der Waals surface area contributed by atoms with Crippen LogP contribution in [0.1, 0.15) is 16.7 Å². The second-order valence-electron chi connectivity index (χ2n) is 12.1. The van der Waals surface area contributed by atoms with E-state index in [9.17, 15) is 0 Å². The van der Waals surface area contributed by atoms with E-state index in [1.807, 2.05) is 158 Å². The third kappa shape index (κ3) is 20.7. The predicted molar refractivity (Wildman–Crippen MR) is 223 cm³/mol. The van der Waals surface area contributed by atoms with Gasteiger partial charge in [0.05, 0.1) is 7.11 Å². The van der Waals surface area contributed by atoms with Crippen LogP contribution in [0.3, 0.4) is 0 Å². The predicted octanol–water partition coefficient (Wildman–Crippen LogP) is 13.0. The molecule has 0 bridgehead atoms. The minimum absolute atomic E-state index is 0. The Morgan fingerprint density at radius 1 is 0.339 bits per heavy atom. The van der Waals surface area contributed by atoms with E-state index >= 15 is 0 Å². The van der Waals surface area contributed by atoms with Crippen LogP contribution >= 0.6 is 0 Å². The van der Waals surface area contributed by atoms with Crippen LogP contribution in [0, 0.1) is 74.4 Å². The zero-order valence-electron chi connectivity index (χ0n) is 32.9. The molecule has 289 valence electrons. The van der Waals surface area contributed by atoms with Crippen LogP contribution in [0.5, 0.6) is 40.2 Å². The van der Waals surface area contributed by atoms with Crippen LogP contribution in [0.25, 0.3) is 0 Å². The molecular formula is C52H42O4UVW. The van der Waals surface area contributed by atoms with Gasteiger partial charge in [-0.15, -0.1) is 72.8 Å². The fourth-order valence-corrected chi connectivity index (χ4v) is 4.88. The molecule has 0 aliphatic carbocycles. The van der Waals surface area contributed by atoms with Crippen molar-refractivity contribution >= 4 is 0 Å². The molecule has 0 spiro atoms. The molecular weight excluding hydrogens is 1160 g/mol. The Labute approximate surface area is 400 Å². The van der Waals surface area contributed by atoms with Gasteiger partial charge < -0.3 is 18.9 Å². The molecule has 8 rings (SSSR count). The van der Waals surface area contributed by atoms with Crippen molar-refractivity contribution in [3.05, 3.63) is 247 Å². The molecule has 0 N–H and O–H groups in total. The van der Waals surface area contributed by atoms with Gasteiger partial charge in [0.25, 0.3) is 0 Å². The molecule has 0 aliphatic rings. The molecule has 0 saturated carbocycles. The average molecular weight is 1200 g/mol. The van der Waals surface area contributed by atoms with E-state index in [0.717, 1.165) is 53.1 Å². The Balaban J connectivity index is 0.000000283. The van der Waals surface area contributed by atoms with Gasteiger partial charge in [-0.3, -0.25) is 0 Å². The Hall–Kier alpha value is -4.72. The Morgan fingerprint density at radius 2 is 0.559 bits per heavy atom. The van der Waals surface area contributed by atoms with E-state index in [1.165, 1.54) is 16.7 Å². The first-order valence-electron chi connectivity index (χ1n) is 18.1. The molecule has 1 radical (unpaired) electrons. The average Bonchev–Trinajstić information content (AvgIpc) is 3.27. The molecule has 0 saturated heterocycles. The van der Waals surface area contributed by atoms with Crippen molar-refractivity contribution in [1.29, 1.82) is 0 Å². The smallest absolute Gasteiger partial charge is 0.522 e. The van der Waals surface area contributed by atoms with E-state index in [-0.39, 0.29) is 70.7 Å². The zero-order chi connectivity index (χ0) is 38.9. The van der Waals surface area contributed by atoms with E-state index < -0.39 is 0 Å². The molecule has 0 fully saturated rings. The maximum absolute atomic E-state index is 5.79. The van der Waals surface area contributed by atoms with Crippen molar-refractivity contribution in [1.82, 2.24) is 0 Å². The van der Waals surface area contributed by atoms with E-state index in [4.69, 9.17) is 18.9 Å². The third-order valence-corrected chi connectivity index (χ3v) is 7.82. The number of aryl methyl sites for hydroxylation is 3. The summed E-state index contributed by atoms with van der Waals surface area (Å²) >= 11 is 0. The van der Waals surface area contributed by atoms with Gasteiger partial charge in [-0.2, -0.15) is 109 Å². The van der Waals surface area contributed by atoms with Crippen LogP contribution in [0.4, 0.5) is 0 Å². The summed E-state index contributed by atoms with van der Waals surface area (Å²) in [5.41, 5.74) is 4.02. The summed E-state index contributed by atoms with van der Waals surface area (Å²) in [4.78, 5) is 0. The van der Waals surface area contributed by atoms with Crippen LogP contribution < -0.4 is 18.9 Å². The number of hydrogen-bond donors (Lipinski definition) is 0. The summed E-state index contributed by atoms with van der Waals surface area (Å²) in [7, 11) is 1.65. The molecule has 0 amide bonds. The SMILES string of the molecule is COc1cc[c-]cc1.Cc1ccc(CCc2ccc(Oc3cc[c-]cc3)cc2)cc1.[U+2].[V+2].[W+2].[c-]1ccc(Oc2cc[c-]cc2)cc1.[c-]1ccc(Oc2cc[c-]cc2)cc1. The number of rotatable bonds is 10. The van der Waals surface area contributed by atoms with Gasteiger partial charge in [-0.25, -0.2) is 0 Å². The number of hydrogen-bond acceptors (Lipinski definition) is 4. The normalized spacial score (nSPS) is 9.25. The Kier molecular flexibility index (Phi) is 25.9. The van der Waals surface area contributed by atoms with E-state index in [0.29, 0.717) is 0 Å². The third-order valence-electron chi connectivity index (χ3n) is 7.82. The zero-order valence-corrected chi connectivity index (χ0v) is 41.4. The van der Waals surface area contributed by atoms with Crippen molar-refractivity contribution in [3.63, 3.8) is 0 Å². The first-order valence-corrected chi connectivity index (χ1v) is 18.1. The molecule has 0 atom stereocenters. The molecule has 0 aliphatic heterocycles. The Bertz CT molecular complexity index is 2030. The molecule has 7 heteroatoms. The standard InChI is InChI=1S/C21H19O.2C12H8O.C7H7O.U.V.W/c1-17-7-9-18(10-8-17)11-12-19-13-15-21(16-14-19)22-20-5-3-2-4-6-20;2*1-3-7-11(8-4-1)13-12-9-5-2-6-10-12;1-8-7-5-3-2-4-6-7;;;/h3-10,13-16H,11-12H2,1H3;2*3-10H;3-6H,1H3;;;/q-1;2*-2;-1;3*+2. The maximum Gasteiger partial charge on any atom is 2.00 e. The molecule has 4 nitrogen and oxygen atoms in total. The summed E-state index contributed by atoms with van der Waals surface area (Å²) < 4.78 is 21.8. The van der Waals surface area contributed by atoms with Crippen LogP contribution in [-0.4, -0.2) is 7.11 Å². The van der Waals surface area contributed by atoms with Crippen molar-refractivity contribution in [2.24, 2.45) is 0 Å². The van der Waals surface area contributed by atoms with Gasteiger partial charge in [0, 0.05) is 34.5 Å². The topological polar surface area (TPSA) is 36.9 Å². The molecule has 0 aromatic heterocycles. The van der Waals surface area contributed by atoms with Gasteiger partial charge in [-0.1, -0.05) is 42.0 Å². The van der Waals surface area contributed by atoms with Gasteiger partial charge in [0.2, 0.25) is 0 Å². The summed E-state index contributed by atoms with van der Waals surface area (Å²) in [5.74, 6) is 5.88. The van der Waals surface area contributed by atoms with Gasteiger partial charge in [0.1, 0.15) is 5.75 Å². The largest absolute Gasteiger partial charge is 2.00 e. The molecule has 59 heavy (non-hydrogen) atoms. The Morgan fingerprint density at radius 3 is 0.797 bits per heavy atom. The first kappa shape index (κ1) is 50.4. The number of methoxy groups -OCH3 is 1. The van der Waals surface area contributed by atoms with Gasteiger partial charge in [0.15, 0.2) is 0 Å². The van der Waals surface area contributed by atoms with Crippen molar-refractivity contribution < 1.29 is 89.7 Å². The number of benzene rings is 8.